The standard InChI is InChI=1S/C7H8O5/c1-4(8)6(9)12-5-2-3-11-7(5)10/h5H,2-3H2,1H3. The number of Topliss-reactive ketones (excluding diaryl/α,β-unsaturated/α-hetero) is 1. The maximum absolute atomic E-state index is 10.7. The van der Waals surface area contributed by atoms with Crippen LogP contribution in [0.15, 0.2) is 0 Å². The fraction of sp³-hybridized carbons (Fsp3) is 0.571. The van der Waals surface area contributed by atoms with Gasteiger partial charge in [-0.3, -0.25) is 4.79 Å². The molecule has 0 spiro atoms. The number of rotatable bonds is 2. The highest BCUT2D eigenvalue weighted by Gasteiger charge is 2.31. The van der Waals surface area contributed by atoms with Crippen LogP contribution in [0, 0.1) is 0 Å². The molecule has 0 aromatic heterocycles. The van der Waals surface area contributed by atoms with Crippen molar-refractivity contribution in [1.29, 1.82) is 0 Å². The fourth-order valence-corrected chi connectivity index (χ4v) is 0.797. The molecule has 0 saturated carbocycles. The van der Waals surface area contributed by atoms with E-state index >= 15 is 0 Å². The molecule has 0 aliphatic carbocycles. The van der Waals surface area contributed by atoms with Gasteiger partial charge in [0, 0.05) is 13.3 Å². The lowest BCUT2D eigenvalue weighted by Gasteiger charge is -2.04. The van der Waals surface area contributed by atoms with E-state index in [1.807, 2.05) is 0 Å². The molecule has 1 atom stereocenters. The first-order valence-electron chi connectivity index (χ1n) is 3.49. The van der Waals surface area contributed by atoms with Crippen molar-refractivity contribution in [2.24, 2.45) is 0 Å². The summed E-state index contributed by atoms with van der Waals surface area (Å²) in [7, 11) is 0. The topological polar surface area (TPSA) is 69.7 Å². The third-order valence-electron chi connectivity index (χ3n) is 1.42. The summed E-state index contributed by atoms with van der Waals surface area (Å²) in [6.45, 7) is 1.33. The molecular formula is C7H8O5. The molecule has 5 heteroatoms. The van der Waals surface area contributed by atoms with Crippen LogP contribution in [0.5, 0.6) is 0 Å². The van der Waals surface area contributed by atoms with Crippen molar-refractivity contribution in [1.82, 2.24) is 0 Å². The third-order valence-corrected chi connectivity index (χ3v) is 1.42. The van der Waals surface area contributed by atoms with Crippen LogP contribution in [0.2, 0.25) is 0 Å². The largest absolute Gasteiger partial charge is 0.463 e. The average molecular weight is 172 g/mol. The van der Waals surface area contributed by atoms with Crippen LogP contribution in [0.4, 0.5) is 0 Å². The van der Waals surface area contributed by atoms with Gasteiger partial charge >= 0.3 is 11.9 Å². The molecule has 66 valence electrons. The quantitative estimate of drug-likeness (QED) is 0.412. The molecule has 1 unspecified atom stereocenters. The first-order valence-corrected chi connectivity index (χ1v) is 3.49. The lowest BCUT2D eigenvalue weighted by atomic mass is 10.3. The number of esters is 2. The van der Waals surface area contributed by atoms with Gasteiger partial charge in [0.2, 0.25) is 11.9 Å². The van der Waals surface area contributed by atoms with E-state index in [2.05, 4.69) is 9.47 Å². The van der Waals surface area contributed by atoms with Crippen molar-refractivity contribution in [2.45, 2.75) is 19.4 Å². The minimum atomic E-state index is -0.987. The summed E-state index contributed by atoms with van der Waals surface area (Å²) in [6.07, 6.45) is -0.556. The van der Waals surface area contributed by atoms with E-state index in [9.17, 15) is 14.4 Å². The van der Waals surface area contributed by atoms with E-state index in [0.717, 1.165) is 6.92 Å². The Morgan fingerprint density at radius 3 is 2.67 bits per heavy atom. The van der Waals surface area contributed by atoms with Gasteiger partial charge in [-0.1, -0.05) is 0 Å². The number of ether oxygens (including phenoxy) is 2. The fourth-order valence-electron chi connectivity index (χ4n) is 0.797. The van der Waals surface area contributed by atoms with Gasteiger partial charge in [-0.25, -0.2) is 9.59 Å². The van der Waals surface area contributed by atoms with Crippen molar-refractivity contribution in [3.8, 4) is 0 Å². The molecule has 1 rings (SSSR count). The van der Waals surface area contributed by atoms with Crippen LogP contribution in [0.25, 0.3) is 0 Å². The number of carbonyl (C=O) groups excluding carboxylic acids is 3. The molecule has 1 fully saturated rings. The summed E-state index contributed by atoms with van der Waals surface area (Å²) in [5.74, 6) is -2.28. The molecule has 12 heavy (non-hydrogen) atoms. The van der Waals surface area contributed by atoms with E-state index < -0.39 is 23.8 Å². The van der Waals surface area contributed by atoms with Crippen molar-refractivity contribution in [3.63, 3.8) is 0 Å². The summed E-state index contributed by atoms with van der Waals surface area (Å²) >= 11 is 0. The van der Waals surface area contributed by atoms with Crippen LogP contribution in [0.1, 0.15) is 13.3 Å². The van der Waals surface area contributed by atoms with Crippen molar-refractivity contribution in [3.05, 3.63) is 0 Å². The smallest absolute Gasteiger partial charge is 0.375 e. The summed E-state index contributed by atoms with van der Waals surface area (Å²) in [4.78, 5) is 31.8. The Morgan fingerprint density at radius 1 is 1.58 bits per heavy atom. The van der Waals surface area contributed by atoms with Crippen LogP contribution in [-0.4, -0.2) is 30.4 Å². The molecule has 0 aromatic carbocycles. The Labute approximate surface area is 68.6 Å². The van der Waals surface area contributed by atoms with E-state index in [0.29, 0.717) is 6.42 Å². The van der Waals surface area contributed by atoms with Gasteiger partial charge in [-0.05, 0) is 0 Å². The maximum atomic E-state index is 10.7. The van der Waals surface area contributed by atoms with Gasteiger partial charge in [0.05, 0.1) is 6.61 Å². The monoisotopic (exact) mass is 172 g/mol. The first kappa shape index (κ1) is 8.70. The minimum Gasteiger partial charge on any atom is -0.463 e. The minimum absolute atomic E-state index is 0.245. The first-order chi connectivity index (χ1) is 5.61. The second-order valence-electron chi connectivity index (χ2n) is 2.41. The second-order valence-corrected chi connectivity index (χ2v) is 2.41. The summed E-state index contributed by atoms with van der Waals surface area (Å²) in [5.41, 5.74) is 0. The summed E-state index contributed by atoms with van der Waals surface area (Å²) in [6, 6.07) is 0. The third kappa shape index (κ3) is 1.81. The molecular weight excluding hydrogens is 164 g/mol. The van der Waals surface area contributed by atoms with E-state index in [-0.39, 0.29) is 6.61 Å². The molecule has 0 N–H and O–H groups in total. The lowest BCUT2D eigenvalue weighted by Crippen LogP contribution is -2.26. The second kappa shape index (κ2) is 3.34. The zero-order valence-corrected chi connectivity index (χ0v) is 6.53. The maximum Gasteiger partial charge on any atom is 0.375 e. The lowest BCUT2D eigenvalue weighted by molar-refractivity contribution is -0.163. The molecule has 5 nitrogen and oxygen atoms in total. The van der Waals surface area contributed by atoms with Crippen molar-refractivity contribution in [2.75, 3.05) is 6.61 Å². The Hall–Kier alpha value is -1.39. The van der Waals surface area contributed by atoms with E-state index in [4.69, 9.17) is 0 Å². The number of hydrogen-bond acceptors (Lipinski definition) is 5. The van der Waals surface area contributed by atoms with E-state index in [1.165, 1.54) is 0 Å². The average Bonchev–Trinajstić information content (AvgIpc) is 2.36. The molecule has 0 aromatic rings. The highest BCUT2D eigenvalue weighted by molar-refractivity contribution is 6.32. The Morgan fingerprint density at radius 2 is 2.25 bits per heavy atom. The predicted molar refractivity (Wildman–Crippen MR) is 36.1 cm³/mol. The molecule has 0 bridgehead atoms. The van der Waals surface area contributed by atoms with Gasteiger partial charge in [-0.2, -0.15) is 0 Å². The van der Waals surface area contributed by atoms with Crippen molar-refractivity contribution < 1.29 is 23.9 Å². The van der Waals surface area contributed by atoms with Crippen LogP contribution in [-0.2, 0) is 23.9 Å². The zero-order chi connectivity index (χ0) is 9.14. The number of carbonyl (C=O) groups is 3. The Bertz CT molecular complexity index is 232. The van der Waals surface area contributed by atoms with Crippen LogP contribution >= 0.6 is 0 Å². The Kier molecular flexibility index (Phi) is 2.42. The van der Waals surface area contributed by atoms with Gasteiger partial charge in [0.1, 0.15) is 0 Å². The van der Waals surface area contributed by atoms with Gasteiger partial charge in [0.15, 0.2) is 0 Å². The highest BCUT2D eigenvalue weighted by atomic mass is 16.6. The summed E-state index contributed by atoms with van der Waals surface area (Å²) < 4.78 is 9.04. The molecule has 1 aliphatic heterocycles. The normalized spacial score (nSPS) is 21.8. The molecule has 1 saturated heterocycles. The summed E-state index contributed by atoms with van der Waals surface area (Å²) in [5, 5.41) is 0. The van der Waals surface area contributed by atoms with Gasteiger partial charge in [0.25, 0.3) is 0 Å². The van der Waals surface area contributed by atoms with Gasteiger partial charge < -0.3 is 9.47 Å². The molecule has 1 aliphatic rings. The molecule has 0 amide bonds. The number of ketones is 1. The van der Waals surface area contributed by atoms with Crippen LogP contribution < -0.4 is 0 Å². The SMILES string of the molecule is CC(=O)C(=O)OC1CCOC1=O. The highest BCUT2D eigenvalue weighted by Crippen LogP contribution is 2.10. The Balaban J connectivity index is 2.46. The molecule has 0 radical (unpaired) electrons. The van der Waals surface area contributed by atoms with Crippen molar-refractivity contribution >= 4 is 17.7 Å². The van der Waals surface area contributed by atoms with E-state index in [1.54, 1.807) is 0 Å². The van der Waals surface area contributed by atoms with Crippen LogP contribution in [0.3, 0.4) is 0 Å². The molecule has 1 heterocycles. The number of cyclic esters (lactones) is 1. The zero-order valence-electron chi connectivity index (χ0n) is 6.53. The van der Waals surface area contributed by atoms with Gasteiger partial charge in [-0.15, -0.1) is 0 Å². The predicted octanol–water partition coefficient (Wildman–Crippen LogP) is -0.566. The number of hydrogen-bond donors (Lipinski definition) is 0.